The predicted octanol–water partition coefficient (Wildman–Crippen LogP) is 3.21. The molecule has 28 heavy (non-hydrogen) atoms. The van der Waals surface area contributed by atoms with Crippen molar-refractivity contribution in [2.24, 2.45) is 4.99 Å². The average molecular weight is 401 g/mol. The molecule has 1 aliphatic carbocycles. The van der Waals surface area contributed by atoms with Crippen molar-refractivity contribution < 1.29 is 14.6 Å². The monoisotopic (exact) mass is 400 g/mol. The van der Waals surface area contributed by atoms with Crippen LogP contribution in [0.5, 0.6) is 5.75 Å². The molecule has 0 atom stereocenters. The van der Waals surface area contributed by atoms with Gasteiger partial charge in [-0.15, -0.1) is 0 Å². The number of hydrogen-bond acceptors (Lipinski definition) is 6. The molecule has 1 saturated carbocycles. The molecular formula is C20H21ClN4O3. The third-order valence-corrected chi connectivity index (χ3v) is 5.42. The fourth-order valence-electron chi connectivity index (χ4n) is 3.22. The van der Waals surface area contributed by atoms with E-state index in [1.54, 1.807) is 6.20 Å². The number of aromatic nitrogens is 2. The maximum atomic E-state index is 11.2. The van der Waals surface area contributed by atoms with Crippen LogP contribution < -0.4 is 9.64 Å². The Morgan fingerprint density at radius 1 is 1.29 bits per heavy atom. The lowest BCUT2D eigenvalue weighted by Gasteiger charge is -2.33. The van der Waals surface area contributed by atoms with E-state index < -0.39 is 11.5 Å². The van der Waals surface area contributed by atoms with Crippen LogP contribution in [0.1, 0.15) is 31.5 Å². The van der Waals surface area contributed by atoms with Gasteiger partial charge in [-0.25, -0.2) is 14.8 Å². The molecule has 4 rings (SSSR count). The van der Waals surface area contributed by atoms with Gasteiger partial charge in [0.15, 0.2) is 11.4 Å². The van der Waals surface area contributed by atoms with Gasteiger partial charge >= 0.3 is 5.97 Å². The number of ether oxygens (including phenoxy) is 1. The topological polar surface area (TPSA) is 87.9 Å². The first-order valence-corrected chi connectivity index (χ1v) is 9.71. The molecule has 1 aromatic carbocycles. The Bertz CT molecular complexity index is 893. The van der Waals surface area contributed by atoms with Crippen LogP contribution in [0, 0.1) is 0 Å². The second-order valence-corrected chi connectivity index (χ2v) is 7.51. The van der Waals surface area contributed by atoms with Crippen LogP contribution in [0.4, 0.5) is 5.82 Å². The van der Waals surface area contributed by atoms with Crippen molar-refractivity contribution in [2.75, 3.05) is 18.0 Å². The summed E-state index contributed by atoms with van der Waals surface area (Å²) in [5.41, 5.74) is -0.965. The van der Waals surface area contributed by atoms with Crippen LogP contribution in [0.15, 0.2) is 41.5 Å². The van der Waals surface area contributed by atoms with Crippen molar-refractivity contribution in [1.82, 2.24) is 9.97 Å². The first-order chi connectivity index (χ1) is 13.6. The third-order valence-electron chi connectivity index (χ3n) is 5.10. The summed E-state index contributed by atoms with van der Waals surface area (Å²) in [5, 5.41) is 9.83. The van der Waals surface area contributed by atoms with Gasteiger partial charge in [0.05, 0.1) is 11.2 Å². The zero-order chi connectivity index (χ0) is 19.6. The van der Waals surface area contributed by atoms with Crippen molar-refractivity contribution in [1.29, 1.82) is 0 Å². The minimum atomic E-state index is -0.965. The quantitative estimate of drug-likeness (QED) is 0.749. The van der Waals surface area contributed by atoms with E-state index in [9.17, 15) is 9.90 Å². The van der Waals surface area contributed by atoms with Crippen molar-refractivity contribution >= 4 is 29.6 Å². The fourth-order valence-corrected chi connectivity index (χ4v) is 3.40. The number of para-hydroxylation sites is 1. The number of carboxylic acids is 1. The third kappa shape index (κ3) is 4.09. The molecule has 146 valence electrons. The second-order valence-electron chi connectivity index (χ2n) is 7.10. The van der Waals surface area contributed by atoms with E-state index in [4.69, 9.17) is 16.3 Å². The molecule has 0 unspecified atom stereocenters. The summed E-state index contributed by atoms with van der Waals surface area (Å²) in [6, 6.07) is 9.36. The Hall–Kier alpha value is -2.67. The van der Waals surface area contributed by atoms with Crippen molar-refractivity contribution in [2.45, 2.75) is 37.3 Å². The van der Waals surface area contributed by atoms with E-state index in [1.165, 1.54) is 6.21 Å². The van der Waals surface area contributed by atoms with Crippen molar-refractivity contribution in [3.8, 4) is 5.75 Å². The number of hydrogen-bond donors (Lipinski definition) is 1. The van der Waals surface area contributed by atoms with Gasteiger partial charge in [0, 0.05) is 32.1 Å². The lowest BCUT2D eigenvalue weighted by Crippen LogP contribution is -2.38. The number of aliphatic imine (C=N–C) groups is 1. The summed E-state index contributed by atoms with van der Waals surface area (Å²) in [6.07, 6.45) is 6.12. The number of piperidine rings is 1. The van der Waals surface area contributed by atoms with Crippen LogP contribution in [0.2, 0.25) is 5.02 Å². The van der Waals surface area contributed by atoms with E-state index in [-0.39, 0.29) is 6.10 Å². The van der Waals surface area contributed by atoms with Gasteiger partial charge in [-0.1, -0.05) is 23.7 Å². The molecule has 0 bridgehead atoms. The van der Waals surface area contributed by atoms with Crippen LogP contribution in [-0.2, 0) is 4.79 Å². The molecular weight excluding hydrogens is 380 g/mol. The van der Waals surface area contributed by atoms with Crippen LogP contribution in [-0.4, -0.2) is 52.0 Å². The highest BCUT2D eigenvalue weighted by atomic mass is 35.5. The Morgan fingerprint density at radius 2 is 2.04 bits per heavy atom. The summed E-state index contributed by atoms with van der Waals surface area (Å²) in [4.78, 5) is 26.3. The molecule has 2 aromatic rings. The molecule has 8 heteroatoms. The highest BCUT2D eigenvalue weighted by molar-refractivity contribution is 6.32. The molecule has 2 fully saturated rings. The largest absolute Gasteiger partial charge is 0.489 e. The molecule has 1 saturated heterocycles. The SMILES string of the molecule is O=C(O)C1(N=Cc2nccc(N3CCC(Oc4ccccc4Cl)CC3)n2)CC1. The summed E-state index contributed by atoms with van der Waals surface area (Å²) in [6.45, 7) is 1.61. The lowest BCUT2D eigenvalue weighted by atomic mass is 10.1. The van der Waals surface area contributed by atoms with Gasteiger partial charge in [-0.3, -0.25) is 4.99 Å². The molecule has 0 spiro atoms. The van der Waals surface area contributed by atoms with Gasteiger partial charge in [0.2, 0.25) is 0 Å². The Balaban J connectivity index is 1.36. The number of carboxylic acid groups (broad SMARTS) is 1. The number of aliphatic carboxylic acids is 1. The summed E-state index contributed by atoms with van der Waals surface area (Å²) >= 11 is 6.17. The van der Waals surface area contributed by atoms with Crippen molar-refractivity contribution in [3.05, 3.63) is 47.4 Å². The number of halogens is 1. The zero-order valence-corrected chi connectivity index (χ0v) is 16.0. The van der Waals surface area contributed by atoms with E-state index in [0.29, 0.717) is 23.7 Å². The van der Waals surface area contributed by atoms with Crippen LogP contribution >= 0.6 is 11.6 Å². The Labute approximate surface area is 168 Å². The number of benzene rings is 1. The molecule has 2 aliphatic rings. The maximum Gasteiger partial charge on any atom is 0.331 e. The number of carbonyl (C=O) groups is 1. The lowest BCUT2D eigenvalue weighted by molar-refractivity contribution is -0.139. The fraction of sp³-hybridized carbons (Fsp3) is 0.400. The Kier molecular flexibility index (Phi) is 5.17. The van der Waals surface area contributed by atoms with E-state index in [1.807, 2.05) is 30.3 Å². The van der Waals surface area contributed by atoms with Crippen molar-refractivity contribution in [3.63, 3.8) is 0 Å². The van der Waals surface area contributed by atoms with Crippen LogP contribution in [0.25, 0.3) is 0 Å². The predicted molar refractivity (Wildman–Crippen MR) is 107 cm³/mol. The summed E-state index contributed by atoms with van der Waals surface area (Å²) < 4.78 is 6.03. The smallest absolute Gasteiger partial charge is 0.331 e. The van der Waals surface area contributed by atoms with E-state index in [2.05, 4.69) is 19.9 Å². The second kappa shape index (κ2) is 7.75. The summed E-state index contributed by atoms with van der Waals surface area (Å²) in [7, 11) is 0. The Morgan fingerprint density at radius 3 is 2.71 bits per heavy atom. The molecule has 1 aromatic heterocycles. The first-order valence-electron chi connectivity index (χ1n) is 9.34. The minimum absolute atomic E-state index is 0.115. The molecule has 1 N–H and O–H groups in total. The van der Waals surface area contributed by atoms with E-state index >= 15 is 0 Å². The highest BCUT2D eigenvalue weighted by Gasteiger charge is 2.50. The molecule has 0 radical (unpaired) electrons. The van der Waals surface area contributed by atoms with Gasteiger partial charge in [-0.05, 0) is 31.0 Å². The first kappa shape index (κ1) is 18.7. The molecule has 7 nitrogen and oxygen atoms in total. The molecule has 2 heterocycles. The molecule has 1 aliphatic heterocycles. The van der Waals surface area contributed by atoms with Gasteiger partial charge < -0.3 is 14.7 Å². The summed E-state index contributed by atoms with van der Waals surface area (Å²) in [5.74, 6) is 1.07. The normalized spacial score (nSPS) is 19.0. The van der Waals surface area contributed by atoms with Gasteiger partial charge in [0.25, 0.3) is 0 Å². The number of nitrogens with zero attached hydrogens (tertiary/aromatic N) is 4. The number of anilines is 1. The highest BCUT2D eigenvalue weighted by Crippen LogP contribution is 2.39. The number of rotatable bonds is 6. The maximum absolute atomic E-state index is 11.2. The van der Waals surface area contributed by atoms with Gasteiger partial charge in [-0.2, -0.15) is 0 Å². The molecule has 0 amide bonds. The van der Waals surface area contributed by atoms with E-state index in [0.717, 1.165) is 37.5 Å². The minimum Gasteiger partial charge on any atom is -0.489 e. The zero-order valence-electron chi connectivity index (χ0n) is 15.3. The average Bonchev–Trinajstić information content (AvgIpc) is 3.51. The van der Waals surface area contributed by atoms with Gasteiger partial charge in [0.1, 0.15) is 17.7 Å². The standard InChI is InChI=1S/C20H21ClN4O3/c21-15-3-1-2-4-16(15)28-14-6-11-25(12-7-14)18-5-10-22-17(24-18)13-23-20(8-9-20)19(26)27/h1-5,10,13-14H,6-9,11-12H2,(H,26,27). The van der Waals surface area contributed by atoms with Crippen LogP contribution in [0.3, 0.4) is 0 Å².